The number of thioether (sulfide) groups is 2. The molecule has 0 radical (unpaired) electrons. The number of sulfone groups is 1. The van der Waals surface area contributed by atoms with Crippen molar-refractivity contribution in [1.82, 2.24) is 25.1 Å². The molecule has 2 aromatic heterocycles. The number of aromatic nitrogens is 4. The summed E-state index contributed by atoms with van der Waals surface area (Å²) in [4.78, 5) is 16.8. The molecule has 1 amide bonds. The topological polar surface area (TPSA) is 107 Å². The van der Waals surface area contributed by atoms with Gasteiger partial charge in [-0.15, -0.1) is 21.5 Å². The van der Waals surface area contributed by atoms with Crippen LogP contribution in [0.4, 0.5) is 0 Å². The lowest BCUT2D eigenvalue weighted by Crippen LogP contribution is -2.36. The van der Waals surface area contributed by atoms with Crippen LogP contribution in [0.3, 0.4) is 0 Å². The number of fused-ring (bicyclic) bond motifs is 1. The summed E-state index contributed by atoms with van der Waals surface area (Å²) >= 11 is 4.60. The maximum Gasteiger partial charge on any atom is 0.230 e. The Morgan fingerprint density at radius 2 is 2.13 bits per heavy atom. The van der Waals surface area contributed by atoms with Crippen LogP contribution in [0.5, 0.6) is 0 Å². The third-order valence-corrected chi connectivity index (χ3v) is 9.55. The van der Waals surface area contributed by atoms with E-state index in [-0.39, 0.29) is 29.2 Å². The van der Waals surface area contributed by atoms with Crippen LogP contribution < -0.4 is 5.32 Å². The zero-order valence-corrected chi connectivity index (χ0v) is 19.5. The fraction of sp³-hybridized carbons (Fsp3) is 0.444. The van der Waals surface area contributed by atoms with Crippen LogP contribution in [-0.4, -0.2) is 57.4 Å². The summed E-state index contributed by atoms with van der Waals surface area (Å²) in [5, 5.41) is 12.0. The van der Waals surface area contributed by atoms with Gasteiger partial charge >= 0.3 is 0 Å². The summed E-state index contributed by atoms with van der Waals surface area (Å²) in [6, 6.07) is 7.77. The van der Waals surface area contributed by atoms with Gasteiger partial charge in [-0.3, -0.25) is 4.79 Å². The summed E-state index contributed by atoms with van der Waals surface area (Å²) < 4.78 is 27.2. The van der Waals surface area contributed by atoms with Crippen LogP contribution in [0, 0.1) is 0 Å². The SMILES string of the molecule is CCn1c(CSc2nc3ccccc3s2)nnc1SCC(=O)NC1CCS(=O)(=O)C1. The highest BCUT2D eigenvalue weighted by Gasteiger charge is 2.29. The second kappa shape index (κ2) is 9.25. The van der Waals surface area contributed by atoms with Gasteiger partial charge in [-0.05, 0) is 25.5 Å². The van der Waals surface area contributed by atoms with Crippen molar-refractivity contribution in [1.29, 1.82) is 0 Å². The van der Waals surface area contributed by atoms with Crippen molar-refractivity contribution in [3.8, 4) is 0 Å². The number of hydrogen-bond donors (Lipinski definition) is 1. The lowest BCUT2D eigenvalue weighted by molar-refractivity contribution is -0.119. The fourth-order valence-electron chi connectivity index (χ4n) is 3.20. The second-order valence-electron chi connectivity index (χ2n) is 6.84. The zero-order chi connectivity index (χ0) is 21.1. The van der Waals surface area contributed by atoms with Crippen LogP contribution in [0.25, 0.3) is 10.2 Å². The highest BCUT2D eigenvalue weighted by Crippen LogP contribution is 2.31. The number of nitrogens with zero attached hydrogens (tertiary/aromatic N) is 4. The van der Waals surface area contributed by atoms with E-state index in [1.54, 1.807) is 23.1 Å². The number of rotatable bonds is 8. The minimum absolute atomic E-state index is 0.0295. The molecule has 4 rings (SSSR count). The van der Waals surface area contributed by atoms with Crippen molar-refractivity contribution in [2.75, 3.05) is 17.3 Å². The lowest BCUT2D eigenvalue weighted by atomic mass is 10.3. The highest BCUT2D eigenvalue weighted by atomic mass is 32.2. The first kappa shape index (κ1) is 21.6. The van der Waals surface area contributed by atoms with E-state index in [0.717, 1.165) is 20.4 Å². The average Bonchev–Trinajstić information content (AvgIpc) is 3.40. The van der Waals surface area contributed by atoms with E-state index in [1.165, 1.54) is 11.8 Å². The molecule has 3 aromatic rings. The Morgan fingerprint density at radius 1 is 1.30 bits per heavy atom. The van der Waals surface area contributed by atoms with E-state index in [9.17, 15) is 13.2 Å². The third kappa shape index (κ3) is 5.16. The standard InChI is InChI=1S/C18H21N5O3S4/c1-2-23-15(9-28-18-20-13-5-3-4-6-14(13)29-18)21-22-17(23)27-10-16(24)19-12-7-8-30(25,26)11-12/h3-6,12H,2,7-11H2,1H3,(H,19,24). The minimum Gasteiger partial charge on any atom is -0.352 e. The van der Waals surface area contributed by atoms with Crippen molar-refractivity contribution < 1.29 is 13.2 Å². The van der Waals surface area contributed by atoms with E-state index in [2.05, 4.69) is 26.6 Å². The van der Waals surface area contributed by atoms with E-state index in [0.29, 0.717) is 23.9 Å². The van der Waals surface area contributed by atoms with Crippen molar-refractivity contribution in [3.05, 3.63) is 30.1 Å². The molecule has 8 nitrogen and oxygen atoms in total. The van der Waals surface area contributed by atoms with Gasteiger partial charge in [0.15, 0.2) is 19.3 Å². The van der Waals surface area contributed by atoms with Gasteiger partial charge in [0.2, 0.25) is 5.91 Å². The molecule has 3 heterocycles. The Hall–Kier alpha value is -1.63. The molecule has 0 spiro atoms. The Bertz CT molecular complexity index is 1120. The maximum atomic E-state index is 12.2. The number of benzene rings is 1. The molecule has 30 heavy (non-hydrogen) atoms. The van der Waals surface area contributed by atoms with Gasteiger partial charge in [-0.2, -0.15) is 0 Å². The van der Waals surface area contributed by atoms with Gasteiger partial charge in [0.25, 0.3) is 0 Å². The van der Waals surface area contributed by atoms with Gasteiger partial charge in [-0.1, -0.05) is 35.7 Å². The molecule has 0 aliphatic carbocycles. The molecule has 1 unspecified atom stereocenters. The van der Waals surface area contributed by atoms with Crippen molar-refractivity contribution in [3.63, 3.8) is 0 Å². The first-order valence-electron chi connectivity index (χ1n) is 9.46. The Balaban J connectivity index is 1.33. The van der Waals surface area contributed by atoms with Crippen molar-refractivity contribution >= 4 is 60.8 Å². The molecule has 1 N–H and O–H groups in total. The molecule has 1 atom stereocenters. The Kier molecular flexibility index (Phi) is 6.66. The number of para-hydroxylation sites is 1. The van der Waals surface area contributed by atoms with Crippen molar-refractivity contribution in [2.45, 2.75) is 41.2 Å². The summed E-state index contributed by atoms with van der Waals surface area (Å²) in [6.45, 7) is 2.72. The molecular weight excluding hydrogens is 462 g/mol. The summed E-state index contributed by atoms with van der Waals surface area (Å²) in [5.41, 5.74) is 0.999. The largest absolute Gasteiger partial charge is 0.352 e. The zero-order valence-electron chi connectivity index (χ0n) is 16.3. The molecular formula is C18H21N5O3S4. The fourth-order valence-corrected chi connectivity index (χ4v) is 7.71. The maximum absolute atomic E-state index is 12.2. The van der Waals surface area contributed by atoms with Crippen molar-refractivity contribution in [2.24, 2.45) is 0 Å². The van der Waals surface area contributed by atoms with Crippen LogP contribution in [0.1, 0.15) is 19.2 Å². The summed E-state index contributed by atoms with van der Waals surface area (Å²) in [5.74, 6) is 1.66. The summed E-state index contributed by atoms with van der Waals surface area (Å²) in [6.07, 6.45) is 0.483. The number of hydrogen-bond acceptors (Lipinski definition) is 9. The monoisotopic (exact) mass is 483 g/mol. The molecule has 0 bridgehead atoms. The molecule has 160 valence electrons. The van der Waals surface area contributed by atoms with Crippen LogP contribution >= 0.6 is 34.9 Å². The lowest BCUT2D eigenvalue weighted by Gasteiger charge is -2.10. The summed E-state index contributed by atoms with van der Waals surface area (Å²) in [7, 11) is -3.01. The molecule has 0 saturated carbocycles. The second-order valence-corrected chi connectivity index (χ2v) is 12.3. The van der Waals surface area contributed by atoms with Crippen LogP contribution in [0.2, 0.25) is 0 Å². The predicted molar refractivity (Wildman–Crippen MR) is 121 cm³/mol. The van der Waals surface area contributed by atoms with E-state index >= 15 is 0 Å². The van der Waals surface area contributed by atoms with Gasteiger partial charge in [0.1, 0.15) is 5.82 Å². The number of nitrogens with one attached hydrogen (secondary N) is 1. The van der Waals surface area contributed by atoms with E-state index in [4.69, 9.17) is 0 Å². The molecule has 1 saturated heterocycles. The quantitative estimate of drug-likeness (QED) is 0.487. The number of carbonyl (C=O) groups is 1. The molecule has 1 fully saturated rings. The predicted octanol–water partition coefficient (Wildman–Crippen LogP) is 2.60. The van der Waals surface area contributed by atoms with E-state index in [1.807, 2.05) is 29.7 Å². The molecule has 1 aliphatic rings. The van der Waals surface area contributed by atoms with E-state index < -0.39 is 9.84 Å². The minimum atomic E-state index is -3.01. The molecule has 1 aliphatic heterocycles. The molecule has 1 aromatic carbocycles. The number of thiazole rings is 1. The van der Waals surface area contributed by atoms with Gasteiger partial charge < -0.3 is 9.88 Å². The first-order valence-corrected chi connectivity index (χ1v) is 14.1. The third-order valence-electron chi connectivity index (χ3n) is 4.64. The Morgan fingerprint density at radius 3 is 2.87 bits per heavy atom. The van der Waals surface area contributed by atoms with Crippen LogP contribution in [-0.2, 0) is 26.9 Å². The number of carbonyl (C=O) groups excluding carboxylic acids is 1. The van der Waals surface area contributed by atoms with Gasteiger partial charge in [0, 0.05) is 12.6 Å². The smallest absolute Gasteiger partial charge is 0.230 e. The Labute approximate surface area is 187 Å². The number of amides is 1. The molecule has 12 heteroatoms. The first-order chi connectivity index (χ1) is 14.4. The average molecular weight is 484 g/mol. The highest BCUT2D eigenvalue weighted by molar-refractivity contribution is 8.00. The van der Waals surface area contributed by atoms with Gasteiger partial charge in [0.05, 0.1) is 33.2 Å². The van der Waals surface area contributed by atoms with Crippen LogP contribution in [0.15, 0.2) is 33.8 Å². The van der Waals surface area contributed by atoms with Gasteiger partial charge in [-0.25, -0.2) is 13.4 Å². The normalized spacial score (nSPS) is 18.1.